The molecular formula is C4HBrClNO2. The van der Waals surface area contributed by atoms with Crippen LogP contribution in [-0.2, 0) is 0 Å². The standard InChI is InChI=1S/C4HBrClNO2/c5-4-3(6)2(1-8)7-9-4/h1H. The van der Waals surface area contributed by atoms with Gasteiger partial charge in [-0.2, -0.15) is 0 Å². The van der Waals surface area contributed by atoms with E-state index in [0.717, 1.165) is 0 Å². The Morgan fingerprint density at radius 2 is 2.44 bits per heavy atom. The van der Waals surface area contributed by atoms with Gasteiger partial charge < -0.3 is 4.52 Å². The van der Waals surface area contributed by atoms with Crippen LogP contribution in [0.1, 0.15) is 10.5 Å². The summed E-state index contributed by atoms with van der Waals surface area (Å²) >= 11 is 8.41. The average molecular weight is 210 g/mol. The fourth-order valence-electron chi connectivity index (χ4n) is 0.343. The smallest absolute Gasteiger partial charge is 0.221 e. The molecule has 0 saturated carbocycles. The molecule has 0 aliphatic carbocycles. The van der Waals surface area contributed by atoms with Crippen LogP contribution in [-0.4, -0.2) is 11.4 Å². The Labute approximate surface area is 64.1 Å². The van der Waals surface area contributed by atoms with Crippen LogP contribution in [0.4, 0.5) is 0 Å². The molecule has 0 radical (unpaired) electrons. The molecule has 5 heteroatoms. The lowest BCUT2D eigenvalue weighted by Crippen LogP contribution is -1.76. The highest BCUT2D eigenvalue weighted by atomic mass is 79.9. The Hall–Kier alpha value is -0.350. The molecule has 0 aromatic carbocycles. The normalized spacial score (nSPS) is 9.56. The van der Waals surface area contributed by atoms with Gasteiger partial charge in [-0.15, -0.1) is 0 Å². The molecule has 48 valence electrons. The van der Waals surface area contributed by atoms with E-state index in [-0.39, 0.29) is 15.4 Å². The second-order valence-electron chi connectivity index (χ2n) is 1.27. The summed E-state index contributed by atoms with van der Waals surface area (Å²) in [6.45, 7) is 0. The van der Waals surface area contributed by atoms with Gasteiger partial charge in [0.2, 0.25) is 4.67 Å². The molecule has 0 saturated heterocycles. The molecule has 0 aliphatic heterocycles. The predicted molar refractivity (Wildman–Crippen MR) is 34.6 cm³/mol. The molecule has 3 nitrogen and oxygen atoms in total. The fraction of sp³-hybridized carbons (Fsp3) is 0. The maximum Gasteiger partial charge on any atom is 0.221 e. The Kier molecular flexibility index (Phi) is 1.87. The minimum atomic E-state index is 0.114. The van der Waals surface area contributed by atoms with Crippen molar-refractivity contribution in [2.45, 2.75) is 0 Å². The Balaban J connectivity index is 3.18. The third-order valence-corrected chi connectivity index (χ3v) is 1.87. The van der Waals surface area contributed by atoms with Crippen molar-refractivity contribution in [2.24, 2.45) is 0 Å². The van der Waals surface area contributed by atoms with Crippen LogP contribution in [0.3, 0.4) is 0 Å². The molecule has 9 heavy (non-hydrogen) atoms. The monoisotopic (exact) mass is 209 g/mol. The summed E-state index contributed by atoms with van der Waals surface area (Å²) in [6, 6.07) is 0. The van der Waals surface area contributed by atoms with Gasteiger partial charge in [-0.1, -0.05) is 16.8 Å². The van der Waals surface area contributed by atoms with E-state index in [0.29, 0.717) is 6.29 Å². The van der Waals surface area contributed by atoms with Gasteiger partial charge in [0.1, 0.15) is 5.02 Å². The number of hydrogen-bond donors (Lipinski definition) is 0. The van der Waals surface area contributed by atoms with Gasteiger partial charge in [-0.25, -0.2) is 0 Å². The first-order valence-electron chi connectivity index (χ1n) is 2.01. The first-order valence-corrected chi connectivity index (χ1v) is 3.18. The minimum Gasteiger partial charge on any atom is -0.347 e. The highest BCUT2D eigenvalue weighted by Crippen LogP contribution is 2.23. The third-order valence-electron chi connectivity index (χ3n) is 0.733. The zero-order valence-corrected chi connectivity index (χ0v) is 6.44. The molecule has 0 aliphatic rings. The number of nitrogens with zero attached hydrogens (tertiary/aromatic N) is 1. The third kappa shape index (κ3) is 1.14. The molecule has 0 N–H and O–H groups in total. The second-order valence-corrected chi connectivity index (χ2v) is 2.37. The first-order chi connectivity index (χ1) is 4.25. The van der Waals surface area contributed by atoms with Crippen LogP contribution in [0, 0.1) is 0 Å². The van der Waals surface area contributed by atoms with Crippen LogP contribution in [0.5, 0.6) is 0 Å². The number of hydrogen-bond acceptors (Lipinski definition) is 3. The lowest BCUT2D eigenvalue weighted by atomic mass is 10.5. The number of aldehydes is 1. The van der Waals surface area contributed by atoms with E-state index in [4.69, 9.17) is 11.6 Å². The van der Waals surface area contributed by atoms with Crippen LogP contribution in [0.15, 0.2) is 9.19 Å². The Morgan fingerprint density at radius 1 is 1.78 bits per heavy atom. The van der Waals surface area contributed by atoms with Crippen molar-refractivity contribution >= 4 is 33.8 Å². The van der Waals surface area contributed by atoms with E-state index >= 15 is 0 Å². The van der Waals surface area contributed by atoms with Crippen molar-refractivity contribution in [1.29, 1.82) is 0 Å². The SMILES string of the molecule is O=Cc1noc(Br)c1Cl. The fourth-order valence-corrected chi connectivity index (χ4v) is 0.732. The molecule has 1 heterocycles. The van der Waals surface area contributed by atoms with Crippen LogP contribution >= 0.6 is 27.5 Å². The van der Waals surface area contributed by atoms with Crippen molar-refractivity contribution in [3.8, 4) is 0 Å². The van der Waals surface area contributed by atoms with Gasteiger partial charge in [0, 0.05) is 0 Å². The Bertz CT molecular complexity index is 234. The predicted octanol–water partition coefficient (Wildman–Crippen LogP) is 1.90. The van der Waals surface area contributed by atoms with E-state index < -0.39 is 0 Å². The van der Waals surface area contributed by atoms with E-state index in [1.807, 2.05) is 0 Å². The molecule has 0 unspecified atom stereocenters. The summed E-state index contributed by atoms with van der Waals surface area (Å²) in [4.78, 5) is 10.0. The number of halogens is 2. The van der Waals surface area contributed by atoms with Crippen molar-refractivity contribution in [1.82, 2.24) is 5.16 Å². The van der Waals surface area contributed by atoms with Gasteiger partial charge in [0.15, 0.2) is 12.0 Å². The van der Waals surface area contributed by atoms with E-state index in [1.54, 1.807) is 0 Å². The van der Waals surface area contributed by atoms with E-state index in [1.165, 1.54) is 0 Å². The summed E-state index contributed by atoms with van der Waals surface area (Å²) in [5.74, 6) is 0. The number of aromatic nitrogens is 1. The van der Waals surface area contributed by atoms with Crippen molar-refractivity contribution in [2.75, 3.05) is 0 Å². The molecule has 1 rings (SSSR count). The summed E-state index contributed by atoms with van der Waals surface area (Å²) in [6.07, 6.45) is 0.524. The van der Waals surface area contributed by atoms with Crippen molar-refractivity contribution in [3.05, 3.63) is 15.4 Å². The molecule has 0 fully saturated rings. The van der Waals surface area contributed by atoms with Crippen LogP contribution < -0.4 is 0 Å². The highest BCUT2D eigenvalue weighted by molar-refractivity contribution is 9.10. The Morgan fingerprint density at radius 3 is 2.67 bits per heavy atom. The first kappa shape index (κ1) is 6.77. The van der Waals surface area contributed by atoms with Gasteiger partial charge in [0.25, 0.3) is 0 Å². The maximum absolute atomic E-state index is 10.0. The minimum absolute atomic E-state index is 0.114. The van der Waals surface area contributed by atoms with Gasteiger partial charge in [-0.05, 0) is 15.9 Å². The van der Waals surface area contributed by atoms with Crippen LogP contribution in [0.25, 0.3) is 0 Å². The summed E-state index contributed by atoms with van der Waals surface area (Å²) in [7, 11) is 0. The largest absolute Gasteiger partial charge is 0.347 e. The maximum atomic E-state index is 10.0. The summed E-state index contributed by atoms with van der Waals surface area (Å²) in [5, 5.41) is 3.52. The molecule has 0 amide bonds. The summed E-state index contributed by atoms with van der Waals surface area (Å²) in [5.41, 5.74) is 0.114. The molecule has 0 bridgehead atoms. The molecule has 0 spiro atoms. The van der Waals surface area contributed by atoms with Gasteiger partial charge in [-0.3, -0.25) is 4.79 Å². The van der Waals surface area contributed by atoms with Crippen molar-refractivity contribution < 1.29 is 9.32 Å². The number of carbonyl (C=O) groups is 1. The van der Waals surface area contributed by atoms with Crippen LogP contribution in [0.2, 0.25) is 5.02 Å². The molecule has 0 atom stereocenters. The molecular weight excluding hydrogens is 209 g/mol. The molecule has 1 aromatic rings. The van der Waals surface area contributed by atoms with Gasteiger partial charge in [0.05, 0.1) is 0 Å². The lowest BCUT2D eigenvalue weighted by molar-refractivity contribution is 0.111. The average Bonchev–Trinajstić information content (AvgIpc) is 2.15. The quantitative estimate of drug-likeness (QED) is 0.665. The van der Waals surface area contributed by atoms with E-state index in [9.17, 15) is 4.79 Å². The van der Waals surface area contributed by atoms with E-state index in [2.05, 4.69) is 25.6 Å². The number of carbonyl (C=O) groups excluding carboxylic acids is 1. The molecule has 1 aromatic heterocycles. The highest BCUT2D eigenvalue weighted by Gasteiger charge is 2.08. The zero-order valence-electron chi connectivity index (χ0n) is 4.10. The van der Waals surface area contributed by atoms with Crippen molar-refractivity contribution in [3.63, 3.8) is 0 Å². The zero-order chi connectivity index (χ0) is 6.85. The number of rotatable bonds is 1. The van der Waals surface area contributed by atoms with Gasteiger partial charge >= 0.3 is 0 Å². The second kappa shape index (κ2) is 2.49. The topological polar surface area (TPSA) is 43.1 Å². The lowest BCUT2D eigenvalue weighted by Gasteiger charge is -1.74. The summed E-state index contributed by atoms with van der Waals surface area (Å²) < 4.78 is 4.77.